The van der Waals surface area contributed by atoms with Gasteiger partial charge in [0.1, 0.15) is 11.5 Å². The molecule has 3 aliphatic rings. The number of carbonyl (C=O) groups is 3. The van der Waals surface area contributed by atoms with Gasteiger partial charge >= 0.3 is 5.97 Å². The van der Waals surface area contributed by atoms with E-state index < -0.39 is 5.97 Å². The largest absolute Gasteiger partial charge is 0.497 e. The van der Waals surface area contributed by atoms with E-state index in [0.717, 1.165) is 19.3 Å². The Morgan fingerprint density at radius 3 is 2.21 bits per heavy atom. The second-order valence-electron chi connectivity index (χ2n) is 8.01. The molecule has 2 aliphatic carbocycles. The summed E-state index contributed by atoms with van der Waals surface area (Å²) in [5.41, 5.74) is 0.914. The summed E-state index contributed by atoms with van der Waals surface area (Å²) in [6.07, 6.45) is 3.12. The van der Waals surface area contributed by atoms with E-state index in [1.165, 1.54) is 12.0 Å². The van der Waals surface area contributed by atoms with Crippen LogP contribution in [0, 0.1) is 23.7 Å². The van der Waals surface area contributed by atoms with Crippen molar-refractivity contribution in [3.05, 3.63) is 54.1 Å². The molecule has 5 rings (SSSR count). The van der Waals surface area contributed by atoms with Gasteiger partial charge in [0.2, 0.25) is 11.8 Å². The SMILES string of the molecule is COc1cccc(C(=O)Oc2ccc(N3C(=O)[C@@H]4[C@H]5CC[C@@H](C5)[C@@H]4C3=O)cc2)c1. The molecule has 2 aromatic rings. The lowest BCUT2D eigenvalue weighted by Gasteiger charge is -2.19. The van der Waals surface area contributed by atoms with E-state index >= 15 is 0 Å². The number of nitrogens with zero attached hydrogens (tertiary/aromatic N) is 1. The van der Waals surface area contributed by atoms with Gasteiger partial charge in [0.25, 0.3) is 0 Å². The zero-order valence-electron chi connectivity index (χ0n) is 16.0. The molecule has 148 valence electrons. The summed E-state index contributed by atoms with van der Waals surface area (Å²) in [4.78, 5) is 39.5. The van der Waals surface area contributed by atoms with Crippen molar-refractivity contribution >= 4 is 23.5 Å². The predicted octanol–water partition coefficient (Wildman–Crippen LogP) is 3.45. The predicted molar refractivity (Wildman–Crippen MR) is 105 cm³/mol. The monoisotopic (exact) mass is 391 g/mol. The van der Waals surface area contributed by atoms with E-state index in [9.17, 15) is 14.4 Å². The van der Waals surface area contributed by atoms with Crippen LogP contribution in [-0.4, -0.2) is 24.9 Å². The van der Waals surface area contributed by atoms with Crippen LogP contribution in [0.3, 0.4) is 0 Å². The van der Waals surface area contributed by atoms with Gasteiger partial charge in [-0.15, -0.1) is 0 Å². The molecule has 2 bridgehead atoms. The normalized spacial score (nSPS) is 27.3. The molecule has 6 nitrogen and oxygen atoms in total. The summed E-state index contributed by atoms with van der Waals surface area (Å²) in [5.74, 6) is 0.682. The first-order chi connectivity index (χ1) is 14.1. The van der Waals surface area contributed by atoms with Gasteiger partial charge < -0.3 is 9.47 Å². The summed E-state index contributed by atoms with van der Waals surface area (Å²) in [5, 5.41) is 0. The van der Waals surface area contributed by atoms with Gasteiger partial charge in [-0.2, -0.15) is 0 Å². The Labute approximate surface area is 168 Å². The molecule has 6 heteroatoms. The zero-order valence-corrected chi connectivity index (χ0v) is 16.0. The average molecular weight is 391 g/mol. The highest BCUT2D eigenvalue weighted by Crippen LogP contribution is 2.56. The zero-order chi connectivity index (χ0) is 20.1. The summed E-state index contributed by atoms with van der Waals surface area (Å²) in [6.45, 7) is 0. The van der Waals surface area contributed by atoms with Crippen LogP contribution >= 0.6 is 0 Å². The van der Waals surface area contributed by atoms with E-state index in [0.29, 0.717) is 34.6 Å². The molecule has 1 saturated heterocycles. The highest BCUT2D eigenvalue weighted by molar-refractivity contribution is 6.22. The number of hydrogen-bond acceptors (Lipinski definition) is 5. The minimum atomic E-state index is -0.504. The fraction of sp³-hybridized carbons (Fsp3) is 0.348. The summed E-state index contributed by atoms with van der Waals surface area (Å²) >= 11 is 0. The molecule has 0 aromatic heterocycles. The number of methoxy groups -OCH3 is 1. The lowest BCUT2D eigenvalue weighted by Crippen LogP contribution is -2.32. The fourth-order valence-corrected chi connectivity index (χ4v) is 5.24. The third-order valence-corrected chi connectivity index (χ3v) is 6.54. The van der Waals surface area contributed by atoms with Crippen LogP contribution in [0.2, 0.25) is 0 Å². The van der Waals surface area contributed by atoms with E-state index in [1.54, 1.807) is 48.5 Å². The van der Waals surface area contributed by atoms with E-state index in [2.05, 4.69) is 0 Å². The first-order valence-electron chi connectivity index (χ1n) is 9.91. The molecule has 1 heterocycles. The lowest BCUT2D eigenvalue weighted by atomic mass is 9.81. The molecule has 1 aliphatic heterocycles. The third-order valence-electron chi connectivity index (χ3n) is 6.54. The number of fused-ring (bicyclic) bond motifs is 5. The van der Waals surface area contributed by atoms with Crippen LogP contribution in [-0.2, 0) is 9.59 Å². The van der Waals surface area contributed by atoms with Gasteiger partial charge in [-0.05, 0) is 73.6 Å². The first-order valence-corrected chi connectivity index (χ1v) is 9.91. The number of benzene rings is 2. The third kappa shape index (κ3) is 2.82. The van der Waals surface area contributed by atoms with Crippen molar-refractivity contribution in [2.75, 3.05) is 12.0 Å². The summed E-state index contributed by atoms with van der Waals surface area (Å²) in [6, 6.07) is 13.2. The van der Waals surface area contributed by atoms with E-state index in [4.69, 9.17) is 9.47 Å². The maximum atomic E-state index is 12.9. The van der Waals surface area contributed by atoms with E-state index in [1.807, 2.05) is 0 Å². The molecule has 4 atom stereocenters. The molecule has 29 heavy (non-hydrogen) atoms. The maximum absolute atomic E-state index is 12.9. The van der Waals surface area contributed by atoms with E-state index in [-0.39, 0.29) is 23.7 Å². The number of ether oxygens (including phenoxy) is 2. The smallest absolute Gasteiger partial charge is 0.343 e. The number of rotatable bonds is 4. The van der Waals surface area contributed by atoms with Crippen LogP contribution in [0.15, 0.2) is 48.5 Å². The number of carbonyl (C=O) groups excluding carboxylic acids is 3. The van der Waals surface area contributed by atoms with Crippen molar-refractivity contribution in [2.45, 2.75) is 19.3 Å². The van der Waals surface area contributed by atoms with Crippen molar-refractivity contribution in [1.82, 2.24) is 0 Å². The van der Waals surface area contributed by atoms with Crippen molar-refractivity contribution in [3.63, 3.8) is 0 Å². The van der Waals surface area contributed by atoms with Gasteiger partial charge in [-0.1, -0.05) is 6.07 Å². The topological polar surface area (TPSA) is 72.9 Å². The molecule has 2 aromatic carbocycles. The molecule has 0 N–H and O–H groups in total. The second kappa shape index (κ2) is 6.72. The molecular weight excluding hydrogens is 370 g/mol. The first kappa shape index (κ1) is 17.9. The average Bonchev–Trinajstić information content (AvgIpc) is 3.43. The highest BCUT2D eigenvalue weighted by atomic mass is 16.5. The highest BCUT2D eigenvalue weighted by Gasteiger charge is 2.61. The van der Waals surface area contributed by atoms with Gasteiger partial charge in [0, 0.05) is 0 Å². The summed E-state index contributed by atoms with van der Waals surface area (Å²) in [7, 11) is 1.53. The molecule has 0 unspecified atom stereocenters. The van der Waals surface area contributed by atoms with Gasteiger partial charge in [-0.3, -0.25) is 14.5 Å². The minimum Gasteiger partial charge on any atom is -0.497 e. The van der Waals surface area contributed by atoms with Crippen molar-refractivity contribution in [2.24, 2.45) is 23.7 Å². The van der Waals surface area contributed by atoms with Crippen LogP contribution in [0.1, 0.15) is 29.6 Å². The number of anilines is 1. The fourth-order valence-electron chi connectivity index (χ4n) is 5.24. The number of amides is 2. The van der Waals surface area contributed by atoms with Crippen LogP contribution in [0.25, 0.3) is 0 Å². The Morgan fingerprint density at radius 1 is 0.931 bits per heavy atom. The maximum Gasteiger partial charge on any atom is 0.343 e. The Bertz CT molecular complexity index is 971. The van der Waals surface area contributed by atoms with Gasteiger partial charge in [-0.25, -0.2) is 4.79 Å². The van der Waals surface area contributed by atoms with Crippen LogP contribution in [0.5, 0.6) is 11.5 Å². The van der Waals surface area contributed by atoms with Crippen molar-refractivity contribution < 1.29 is 23.9 Å². The van der Waals surface area contributed by atoms with Crippen molar-refractivity contribution in [3.8, 4) is 11.5 Å². The molecule has 2 saturated carbocycles. The molecular formula is C23H21NO5. The second-order valence-corrected chi connectivity index (χ2v) is 8.01. The Balaban J connectivity index is 1.32. The van der Waals surface area contributed by atoms with Gasteiger partial charge in [0.15, 0.2) is 0 Å². The summed E-state index contributed by atoms with van der Waals surface area (Å²) < 4.78 is 10.5. The molecule has 3 fully saturated rings. The Kier molecular flexibility index (Phi) is 4.15. The molecule has 0 spiro atoms. The Morgan fingerprint density at radius 2 is 1.59 bits per heavy atom. The van der Waals surface area contributed by atoms with Gasteiger partial charge in [0.05, 0.1) is 30.2 Å². The molecule has 0 radical (unpaired) electrons. The lowest BCUT2D eigenvalue weighted by molar-refractivity contribution is -0.123. The quantitative estimate of drug-likeness (QED) is 0.453. The van der Waals surface area contributed by atoms with Crippen LogP contribution in [0.4, 0.5) is 5.69 Å². The number of esters is 1. The Hall–Kier alpha value is -3.15. The number of imide groups is 1. The number of hydrogen-bond donors (Lipinski definition) is 0. The molecule has 2 amide bonds. The van der Waals surface area contributed by atoms with Crippen molar-refractivity contribution in [1.29, 1.82) is 0 Å². The standard InChI is InChI=1S/C23H21NO5/c1-28-18-4-2-3-15(12-18)23(27)29-17-9-7-16(8-10-17)24-21(25)19-13-5-6-14(11-13)20(19)22(24)26/h2-4,7-10,12-14,19-20H,5-6,11H2,1H3/t13-,14-,19-,20+/m0/s1. The minimum absolute atomic E-state index is 0.0756. The van der Waals surface area contributed by atoms with Crippen LogP contribution < -0.4 is 14.4 Å².